The predicted octanol–water partition coefficient (Wildman–Crippen LogP) is 4.50. The van der Waals surface area contributed by atoms with E-state index in [0.29, 0.717) is 0 Å². The summed E-state index contributed by atoms with van der Waals surface area (Å²) < 4.78 is 0. The molecule has 0 radical (unpaired) electrons. The first-order valence-corrected chi connectivity index (χ1v) is 7.98. The van der Waals surface area contributed by atoms with Crippen LogP contribution >= 0.6 is 11.6 Å². The Balaban J connectivity index is 1.75. The fourth-order valence-electron chi connectivity index (χ4n) is 2.97. The number of rotatable bonds is 3. The molecule has 3 heteroatoms. The highest BCUT2D eigenvalue weighted by Crippen LogP contribution is 2.28. The second-order valence-electron chi connectivity index (χ2n) is 5.74. The SMILES string of the molecule is Nc1cc(Cc2ccc(Cl)cc2)ccc1N1CCCCC1. The molecule has 0 unspecified atom stereocenters. The number of nitrogens with zero attached hydrogens (tertiary/aromatic N) is 1. The van der Waals surface area contributed by atoms with Gasteiger partial charge in [0, 0.05) is 18.1 Å². The lowest BCUT2D eigenvalue weighted by molar-refractivity contribution is 0.578. The minimum absolute atomic E-state index is 0.777. The molecule has 1 saturated heterocycles. The minimum atomic E-state index is 0.777. The first-order valence-electron chi connectivity index (χ1n) is 7.60. The zero-order chi connectivity index (χ0) is 14.7. The first kappa shape index (κ1) is 14.3. The van der Waals surface area contributed by atoms with Crippen LogP contribution in [0.15, 0.2) is 42.5 Å². The molecular weight excluding hydrogens is 280 g/mol. The molecule has 3 rings (SSSR count). The van der Waals surface area contributed by atoms with E-state index in [4.69, 9.17) is 17.3 Å². The van der Waals surface area contributed by atoms with E-state index >= 15 is 0 Å². The lowest BCUT2D eigenvalue weighted by atomic mass is 10.0. The van der Waals surface area contributed by atoms with E-state index in [-0.39, 0.29) is 0 Å². The minimum Gasteiger partial charge on any atom is -0.397 e. The monoisotopic (exact) mass is 300 g/mol. The van der Waals surface area contributed by atoms with E-state index in [1.807, 2.05) is 12.1 Å². The third kappa shape index (κ3) is 3.51. The number of hydrogen-bond donors (Lipinski definition) is 1. The molecule has 21 heavy (non-hydrogen) atoms. The number of nitrogens with two attached hydrogens (primary N) is 1. The van der Waals surface area contributed by atoms with E-state index in [1.54, 1.807) is 0 Å². The van der Waals surface area contributed by atoms with Crippen LogP contribution in [0, 0.1) is 0 Å². The summed E-state index contributed by atoms with van der Waals surface area (Å²) in [6.45, 7) is 2.25. The highest BCUT2D eigenvalue weighted by atomic mass is 35.5. The summed E-state index contributed by atoms with van der Waals surface area (Å²) in [6, 6.07) is 14.5. The van der Waals surface area contributed by atoms with Crippen molar-refractivity contribution in [1.29, 1.82) is 0 Å². The van der Waals surface area contributed by atoms with Crippen LogP contribution in [0.3, 0.4) is 0 Å². The third-order valence-corrected chi connectivity index (χ3v) is 4.36. The molecule has 2 nitrogen and oxygen atoms in total. The van der Waals surface area contributed by atoms with Crippen molar-refractivity contribution in [2.24, 2.45) is 0 Å². The predicted molar refractivity (Wildman–Crippen MR) is 91.2 cm³/mol. The van der Waals surface area contributed by atoms with Crippen LogP contribution in [0.2, 0.25) is 5.02 Å². The van der Waals surface area contributed by atoms with Crippen molar-refractivity contribution in [2.75, 3.05) is 23.7 Å². The van der Waals surface area contributed by atoms with E-state index < -0.39 is 0 Å². The molecule has 2 N–H and O–H groups in total. The van der Waals surface area contributed by atoms with E-state index in [0.717, 1.165) is 30.2 Å². The van der Waals surface area contributed by atoms with Gasteiger partial charge in [-0.2, -0.15) is 0 Å². The van der Waals surface area contributed by atoms with Gasteiger partial charge in [0.15, 0.2) is 0 Å². The number of piperidine rings is 1. The Bertz CT molecular complexity index is 601. The molecule has 2 aromatic carbocycles. The molecule has 0 atom stereocenters. The van der Waals surface area contributed by atoms with Crippen molar-refractivity contribution >= 4 is 23.0 Å². The van der Waals surface area contributed by atoms with Gasteiger partial charge in [-0.1, -0.05) is 29.8 Å². The summed E-state index contributed by atoms with van der Waals surface area (Å²) >= 11 is 5.92. The zero-order valence-corrected chi connectivity index (χ0v) is 12.9. The van der Waals surface area contributed by atoms with Gasteiger partial charge >= 0.3 is 0 Å². The zero-order valence-electron chi connectivity index (χ0n) is 12.2. The molecule has 1 aliphatic rings. The van der Waals surface area contributed by atoms with Crippen molar-refractivity contribution in [3.05, 3.63) is 58.6 Å². The molecule has 1 fully saturated rings. The normalized spacial score (nSPS) is 15.2. The number of nitrogen functional groups attached to an aromatic ring is 1. The van der Waals surface area contributed by atoms with E-state index in [2.05, 4.69) is 35.2 Å². The molecule has 0 spiro atoms. The van der Waals surface area contributed by atoms with Gasteiger partial charge < -0.3 is 10.6 Å². The summed E-state index contributed by atoms with van der Waals surface area (Å²) in [7, 11) is 0. The Hall–Kier alpha value is -1.67. The molecule has 0 saturated carbocycles. The molecule has 0 amide bonds. The van der Waals surface area contributed by atoms with Crippen molar-refractivity contribution in [2.45, 2.75) is 25.7 Å². The van der Waals surface area contributed by atoms with Crippen molar-refractivity contribution < 1.29 is 0 Å². The van der Waals surface area contributed by atoms with Crippen LogP contribution in [0.5, 0.6) is 0 Å². The van der Waals surface area contributed by atoms with E-state index in [1.165, 1.54) is 36.1 Å². The quantitative estimate of drug-likeness (QED) is 0.845. The van der Waals surface area contributed by atoms with Crippen LogP contribution in [-0.2, 0) is 6.42 Å². The first-order chi connectivity index (χ1) is 10.2. The summed E-state index contributed by atoms with van der Waals surface area (Å²) in [5.41, 5.74) is 10.8. The Morgan fingerprint density at radius 1 is 0.905 bits per heavy atom. The third-order valence-electron chi connectivity index (χ3n) is 4.11. The number of anilines is 2. The van der Waals surface area contributed by atoms with Gasteiger partial charge in [-0.15, -0.1) is 0 Å². The standard InChI is InChI=1S/C18H21ClN2/c19-16-7-4-14(5-8-16)12-15-6-9-18(17(20)13-15)21-10-2-1-3-11-21/h4-9,13H,1-3,10-12,20H2. The van der Waals surface area contributed by atoms with Crippen molar-refractivity contribution in [3.8, 4) is 0 Å². The van der Waals surface area contributed by atoms with E-state index in [9.17, 15) is 0 Å². The molecule has 0 aromatic heterocycles. The summed E-state index contributed by atoms with van der Waals surface area (Å²) in [6.07, 6.45) is 4.77. The fraction of sp³-hybridized carbons (Fsp3) is 0.333. The molecule has 1 aliphatic heterocycles. The average Bonchev–Trinajstić information content (AvgIpc) is 2.51. The number of halogens is 1. The maximum absolute atomic E-state index is 6.27. The lowest BCUT2D eigenvalue weighted by Crippen LogP contribution is -2.30. The van der Waals surface area contributed by atoms with Gasteiger partial charge in [0.05, 0.1) is 11.4 Å². The van der Waals surface area contributed by atoms with Gasteiger partial charge in [0.25, 0.3) is 0 Å². The van der Waals surface area contributed by atoms with Crippen LogP contribution in [0.4, 0.5) is 11.4 Å². The van der Waals surface area contributed by atoms with Gasteiger partial charge in [-0.25, -0.2) is 0 Å². The largest absolute Gasteiger partial charge is 0.397 e. The fourth-order valence-corrected chi connectivity index (χ4v) is 3.10. The van der Waals surface area contributed by atoms with Gasteiger partial charge in [-0.05, 0) is 61.1 Å². The molecular formula is C18H21ClN2. The summed E-state index contributed by atoms with van der Waals surface area (Å²) in [5, 5.41) is 0.777. The summed E-state index contributed by atoms with van der Waals surface area (Å²) in [5.74, 6) is 0. The molecule has 2 aromatic rings. The van der Waals surface area contributed by atoms with Gasteiger partial charge in [-0.3, -0.25) is 0 Å². The second-order valence-corrected chi connectivity index (χ2v) is 6.18. The second kappa shape index (κ2) is 6.40. The average molecular weight is 301 g/mol. The highest BCUT2D eigenvalue weighted by Gasteiger charge is 2.13. The highest BCUT2D eigenvalue weighted by molar-refractivity contribution is 6.30. The molecule has 0 bridgehead atoms. The van der Waals surface area contributed by atoms with Crippen LogP contribution in [0.25, 0.3) is 0 Å². The van der Waals surface area contributed by atoms with Crippen molar-refractivity contribution in [3.63, 3.8) is 0 Å². The van der Waals surface area contributed by atoms with Gasteiger partial charge in [0.2, 0.25) is 0 Å². The number of hydrogen-bond acceptors (Lipinski definition) is 2. The summed E-state index contributed by atoms with van der Waals surface area (Å²) in [4.78, 5) is 2.41. The lowest BCUT2D eigenvalue weighted by Gasteiger charge is -2.30. The Labute approximate surface area is 131 Å². The maximum Gasteiger partial charge on any atom is 0.0600 e. The molecule has 0 aliphatic carbocycles. The van der Waals surface area contributed by atoms with Gasteiger partial charge in [0.1, 0.15) is 0 Å². The smallest absolute Gasteiger partial charge is 0.0600 e. The van der Waals surface area contributed by atoms with Crippen LogP contribution in [-0.4, -0.2) is 13.1 Å². The van der Waals surface area contributed by atoms with Crippen LogP contribution in [0.1, 0.15) is 30.4 Å². The Morgan fingerprint density at radius 3 is 2.24 bits per heavy atom. The Morgan fingerprint density at radius 2 is 1.57 bits per heavy atom. The van der Waals surface area contributed by atoms with Crippen molar-refractivity contribution in [1.82, 2.24) is 0 Å². The topological polar surface area (TPSA) is 29.3 Å². The van der Waals surface area contributed by atoms with Crippen LogP contribution < -0.4 is 10.6 Å². The molecule has 1 heterocycles. The number of benzene rings is 2. The molecule has 110 valence electrons. The maximum atomic E-state index is 6.27. The Kier molecular flexibility index (Phi) is 4.35.